The third kappa shape index (κ3) is 28.4. The van der Waals surface area contributed by atoms with Crippen LogP contribution in [0.2, 0.25) is 0 Å². The average molecular weight is 138 g/mol. The van der Waals surface area contributed by atoms with Gasteiger partial charge in [-0.3, -0.25) is 0 Å². The molecule has 0 amide bonds. The van der Waals surface area contributed by atoms with E-state index in [1.807, 2.05) is 0 Å². The first-order valence-corrected chi connectivity index (χ1v) is 2.95. The topological polar surface area (TPSA) is 20.2 Å². The van der Waals surface area contributed by atoms with Crippen LogP contribution >= 0.6 is 0 Å². The Morgan fingerprint density at radius 2 is 1.50 bits per heavy atom. The van der Waals surface area contributed by atoms with Crippen molar-refractivity contribution in [1.29, 1.82) is 0 Å². The predicted molar refractivity (Wildman–Crippen MR) is 46.8 cm³/mol. The van der Waals surface area contributed by atoms with Gasteiger partial charge in [-0.05, 0) is 0 Å². The summed E-state index contributed by atoms with van der Waals surface area (Å²) in [5, 5.41) is 8.06. The van der Waals surface area contributed by atoms with Gasteiger partial charge in [0.2, 0.25) is 0 Å². The monoisotopic (exact) mass is 138 g/mol. The first-order valence-electron chi connectivity index (χ1n) is 2.95. The lowest BCUT2D eigenvalue weighted by Gasteiger charge is -1.68. The highest BCUT2D eigenvalue weighted by atomic mass is 16.2. The molecular weight excluding hydrogens is 124 g/mol. The third-order valence-corrected chi connectivity index (χ3v) is 0.544. The van der Waals surface area contributed by atoms with Crippen LogP contribution in [-0.2, 0) is 0 Å². The van der Waals surface area contributed by atoms with E-state index in [0.717, 1.165) is 0 Å². The molecule has 0 aromatic heterocycles. The Labute approximate surface area is 62.7 Å². The van der Waals surface area contributed by atoms with Gasteiger partial charge in [0, 0.05) is 0 Å². The van der Waals surface area contributed by atoms with Crippen molar-refractivity contribution in [3.63, 3.8) is 0 Å². The largest absolute Gasteiger partial charge is 0.392 e. The fourth-order valence-electron chi connectivity index (χ4n) is 0.157. The number of allylic oxidation sites excluding steroid dienone is 4. The van der Waals surface area contributed by atoms with Gasteiger partial charge in [0.1, 0.15) is 0 Å². The second-order valence-corrected chi connectivity index (χ2v) is 1.32. The number of hydrogen-bond acceptors (Lipinski definition) is 1. The summed E-state index contributed by atoms with van der Waals surface area (Å²) in [7, 11) is 0. The Morgan fingerprint density at radius 1 is 1.00 bits per heavy atom. The molecule has 1 heteroatoms. The Bertz CT molecular complexity index is 106. The average Bonchev–Trinajstić information content (AvgIpc) is 2.01. The molecule has 0 spiro atoms. The van der Waals surface area contributed by atoms with Crippen molar-refractivity contribution in [1.82, 2.24) is 0 Å². The molecule has 0 aliphatic rings. The molecule has 0 aromatic carbocycles. The lowest BCUT2D eigenvalue weighted by Crippen LogP contribution is -1.66. The van der Waals surface area contributed by atoms with Gasteiger partial charge in [-0.2, -0.15) is 0 Å². The van der Waals surface area contributed by atoms with E-state index < -0.39 is 0 Å². The lowest BCUT2D eigenvalue weighted by molar-refractivity contribution is 0.343. The van der Waals surface area contributed by atoms with E-state index in [0.29, 0.717) is 0 Å². The van der Waals surface area contributed by atoms with Gasteiger partial charge in [-0.25, -0.2) is 0 Å². The van der Waals surface area contributed by atoms with E-state index in [-0.39, 0.29) is 6.61 Å². The minimum absolute atomic E-state index is 0.103. The number of aliphatic hydroxyl groups excluding tert-OH is 1. The predicted octanol–water partition coefficient (Wildman–Crippen LogP) is 2.08. The van der Waals surface area contributed by atoms with Crippen molar-refractivity contribution in [2.45, 2.75) is 0 Å². The van der Waals surface area contributed by atoms with Crippen molar-refractivity contribution in [2.75, 3.05) is 6.61 Å². The normalized spacial score (nSPS) is 7.70. The SMILES string of the molecule is C=C/C=C/CO.C=CC=C. The first kappa shape index (κ1) is 11.7. The maximum atomic E-state index is 8.06. The molecule has 0 atom stereocenters. The molecule has 0 saturated heterocycles. The molecule has 0 unspecified atom stereocenters. The molecule has 0 saturated carbocycles. The zero-order valence-corrected chi connectivity index (χ0v) is 6.16. The molecule has 0 radical (unpaired) electrons. The van der Waals surface area contributed by atoms with Gasteiger partial charge in [-0.1, -0.05) is 50.1 Å². The minimum atomic E-state index is 0.103. The van der Waals surface area contributed by atoms with Crippen LogP contribution in [0.3, 0.4) is 0 Å². The standard InChI is InChI=1S/C5H8O.C4H6/c1-2-3-4-5-6;1-3-4-2/h2-4,6H,1,5H2;3-4H,1-2H2/b4-3+;. The second kappa shape index (κ2) is 15.7. The molecule has 56 valence electrons. The highest BCUT2D eigenvalue weighted by molar-refractivity contribution is 4.96. The van der Waals surface area contributed by atoms with E-state index in [1.54, 1.807) is 30.4 Å². The summed E-state index contributed by atoms with van der Waals surface area (Å²) in [6.45, 7) is 10.2. The zero-order valence-electron chi connectivity index (χ0n) is 6.16. The van der Waals surface area contributed by atoms with Gasteiger partial charge in [0.05, 0.1) is 6.61 Å². The van der Waals surface area contributed by atoms with Crippen LogP contribution in [0, 0.1) is 0 Å². The van der Waals surface area contributed by atoms with Crippen LogP contribution in [0.1, 0.15) is 0 Å². The Balaban J connectivity index is 0. The van der Waals surface area contributed by atoms with Gasteiger partial charge < -0.3 is 5.11 Å². The van der Waals surface area contributed by atoms with Crippen LogP contribution in [0.15, 0.2) is 50.1 Å². The molecule has 1 nitrogen and oxygen atoms in total. The molecule has 0 rings (SSSR count). The van der Waals surface area contributed by atoms with Gasteiger partial charge >= 0.3 is 0 Å². The molecule has 0 aliphatic carbocycles. The summed E-state index contributed by atoms with van der Waals surface area (Å²) in [5.41, 5.74) is 0. The molecule has 0 aromatic rings. The summed E-state index contributed by atoms with van der Waals surface area (Å²) in [6.07, 6.45) is 8.21. The summed E-state index contributed by atoms with van der Waals surface area (Å²) < 4.78 is 0. The lowest BCUT2D eigenvalue weighted by atomic mass is 10.5. The van der Waals surface area contributed by atoms with Crippen LogP contribution in [0.5, 0.6) is 0 Å². The van der Waals surface area contributed by atoms with Crippen LogP contribution in [-0.4, -0.2) is 11.7 Å². The Morgan fingerprint density at radius 3 is 1.60 bits per heavy atom. The first-order chi connectivity index (χ1) is 4.83. The summed E-state index contributed by atoms with van der Waals surface area (Å²) in [4.78, 5) is 0. The number of aliphatic hydroxyl groups is 1. The van der Waals surface area contributed by atoms with E-state index in [4.69, 9.17) is 5.11 Å². The van der Waals surface area contributed by atoms with Crippen molar-refractivity contribution < 1.29 is 5.11 Å². The third-order valence-electron chi connectivity index (χ3n) is 0.544. The summed E-state index contributed by atoms with van der Waals surface area (Å²) in [6, 6.07) is 0. The number of hydrogen-bond donors (Lipinski definition) is 1. The summed E-state index contributed by atoms with van der Waals surface area (Å²) >= 11 is 0. The van der Waals surface area contributed by atoms with E-state index in [9.17, 15) is 0 Å². The van der Waals surface area contributed by atoms with E-state index in [2.05, 4.69) is 19.7 Å². The number of rotatable bonds is 3. The Hall–Kier alpha value is -1.08. The van der Waals surface area contributed by atoms with Crippen LogP contribution in [0.4, 0.5) is 0 Å². The smallest absolute Gasteiger partial charge is 0.0615 e. The van der Waals surface area contributed by atoms with Gasteiger partial charge in [0.15, 0.2) is 0 Å². The summed E-state index contributed by atoms with van der Waals surface area (Å²) in [5.74, 6) is 0. The highest BCUT2D eigenvalue weighted by Crippen LogP contribution is 1.66. The van der Waals surface area contributed by atoms with Crippen molar-refractivity contribution in [3.8, 4) is 0 Å². The Kier molecular flexibility index (Phi) is 18.3. The van der Waals surface area contributed by atoms with E-state index in [1.165, 1.54) is 0 Å². The molecular formula is C9H14O. The quantitative estimate of drug-likeness (QED) is 0.592. The van der Waals surface area contributed by atoms with Crippen LogP contribution in [0.25, 0.3) is 0 Å². The molecule has 1 N–H and O–H groups in total. The molecule has 0 bridgehead atoms. The van der Waals surface area contributed by atoms with Crippen LogP contribution < -0.4 is 0 Å². The minimum Gasteiger partial charge on any atom is -0.392 e. The zero-order chi connectivity index (χ0) is 8.24. The maximum Gasteiger partial charge on any atom is 0.0615 e. The van der Waals surface area contributed by atoms with Crippen molar-refractivity contribution in [3.05, 3.63) is 50.1 Å². The fraction of sp³-hybridized carbons (Fsp3) is 0.111. The highest BCUT2D eigenvalue weighted by Gasteiger charge is 1.55. The molecule has 0 heterocycles. The van der Waals surface area contributed by atoms with Gasteiger partial charge in [0.25, 0.3) is 0 Å². The fourth-order valence-corrected chi connectivity index (χ4v) is 0.157. The van der Waals surface area contributed by atoms with E-state index >= 15 is 0 Å². The molecule has 10 heavy (non-hydrogen) atoms. The molecule has 0 fully saturated rings. The van der Waals surface area contributed by atoms with Crippen molar-refractivity contribution >= 4 is 0 Å². The second-order valence-electron chi connectivity index (χ2n) is 1.32. The maximum absolute atomic E-state index is 8.06. The van der Waals surface area contributed by atoms with Crippen molar-refractivity contribution in [2.24, 2.45) is 0 Å². The molecule has 0 aliphatic heterocycles. The van der Waals surface area contributed by atoms with Gasteiger partial charge in [-0.15, -0.1) is 0 Å².